The number of ether oxygens (including phenoxy) is 2. The number of amides is 1. The topological polar surface area (TPSA) is 85.6 Å². The second kappa shape index (κ2) is 8.62. The summed E-state index contributed by atoms with van der Waals surface area (Å²) in [7, 11) is 0. The summed E-state index contributed by atoms with van der Waals surface area (Å²) in [6.45, 7) is 1.15. The number of hydrogen-bond acceptors (Lipinski definition) is 5. The third-order valence-corrected chi connectivity index (χ3v) is 4.40. The minimum absolute atomic E-state index is 0.103. The normalized spacial score (nSPS) is 12.9. The maximum atomic E-state index is 11.9. The van der Waals surface area contributed by atoms with E-state index in [-0.39, 0.29) is 19.1 Å². The van der Waals surface area contributed by atoms with Gasteiger partial charge in [0.25, 0.3) is 0 Å². The Balaban J connectivity index is 1.72. The van der Waals surface area contributed by atoms with Gasteiger partial charge in [0, 0.05) is 29.9 Å². The summed E-state index contributed by atoms with van der Waals surface area (Å²) in [5, 5.41) is 16.2. The van der Waals surface area contributed by atoms with Crippen molar-refractivity contribution in [2.75, 3.05) is 26.4 Å². The van der Waals surface area contributed by atoms with E-state index in [1.165, 1.54) is 6.08 Å². The Morgan fingerprint density at radius 1 is 1.14 bits per heavy atom. The second-order valence-electron chi connectivity index (χ2n) is 6.42. The van der Waals surface area contributed by atoms with Crippen LogP contribution >= 0.6 is 0 Å². The number of aromatic nitrogens is 2. The molecule has 0 fully saturated rings. The van der Waals surface area contributed by atoms with E-state index in [1.807, 2.05) is 54.7 Å². The van der Waals surface area contributed by atoms with Crippen molar-refractivity contribution in [2.45, 2.75) is 0 Å². The third-order valence-electron chi connectivity index (χ3n) is 4.40. The molecule has 2 heterocycles. The van der Waals surface area contributed by atoms with Gasteiger partial charge >= 0.3 is 0 Å². The minimum Gasteiger partial charge on any atom is -0.486 e. The molecule has 148 valence electrons. The van der Waals surface area contributed by atoms with Crippen molar-refractivity contribution in [1.82, 2.24) is 15.1 Å². The summed E-state index contributed by atoms with van der Waals surface area (Å²) in [6.07, 6.45) is 5.02. The van der Waals surface area contributed by atoms with E-state index in [4.69, 9.17) is 19.7 Å². The van der Waals surface area contributed by atoms with E-state index >= 15 is 0 Å². The fraction of sp³-hybridized carbons (Fsp3) is 0.182. The fourth-order valence-electron chi connectivity index (χ4n) is 3.04. The van der Waals surface area contributed by atoms with Gasteiger partial charge in [-0.15, -0.1) is 0 Å². The average Bonchev–Trinajstić information content (AvgIpc) is 3.21. The van der Waals surface area contributed by atoms with Gasteiger partial charge in [0.1, 0.15) is 18.9 Å². The molecule has 0 aliphatic carbocycles. The number of aliphatic hydroxyl groups excluding tert-OH is 1. The van der Waals surface area contributed by atoms with E-state index in [0.29, 0.717) is 24.7 Å². The zero-order valence-corrected chi connectivity index (χ0v) is 15.7. The lowest BCUT2D eigenvalue weighted by atomic mass is 10.1. The van der Waals surface area contributed by atoms with Gasteiger partial charge in [-0.3, -0.25) is 4.79 Å². The Morgan fingerprint density at radius 3 is 2.72 bits per heavy atom. The van der Waals surface area contributed by atoms with Gasteiger partial charge in [-0.2, -0.15) is 5.10 Å². The molecule has 29 heavy (non-hydrogen) atoms. The van der Waals surface area contributed by atoms with E-state index < -0.39 is 0 Å². The summed E-state index contributed by atoms with van der Waals surface area (Å²) < 4.78 is 13.1. The predicted octanol–water partition coefficient (Wildman–Crippen LogP) is 2.43. The Hall–Kier alpha value is -3.58. The molecule has 0 bridgehead atoms. The van der Waals surface area contributed by atoms with Crippen LogP contribution in [0.2, 0.25) is 0 Å². The predicted molar refractivity (Wildman–Crippen MR) is 109 cm³/mol. The highest BCUT2D eigenvalue weighted by Crippen LogP contribution is 2.35. The molecule has 3 aromatic rings. The summed E-state index contributed by atoms with van der Waals surface area (Å²) in [4.78, 5) is 11.9. The van der Waals surface area contributed by atoms with Crippen LogP contribution in [0.5, 0.6) is 11.5 Å². The first kappa shape index (κ1) is 18.8. The lowest BCUT2D eigenvalue weighted by Crippen LogP contribution is -2.24. The van der Waals surface area contributed by atoms with E-state index in [2.05, 4.69) is 5.32 Å². The van der Waals surface area contributed by atoms with Crippen molar-refractivity contribution in [3.8, 4) is 28.4 Å². The molecule has 1 aliphatic heterocycles. The number of para-hydroxylation sites is 1. The van der Waals surface area contributed by atoms with Gasteiger partial charge < -0.3 is 19.9 Å². The number of aliphatic hydroxyl groups is 1. The Labute approximate surface area is 168 Å². The van der Waals surface area contributed by atoms with E-state index in [1.54, 1.807) is 10.8 Å². The van der Waals surface area contributed by atoms with Crippen molar-refractivity contribution in [2.24, 2.45) is 0 Å². The zero-order valence-electron chi connectivity index (χ0n) is 15.7. The van der Waals surface area contributed by atoms with Gasteiger partial charge in [-0.25, -0.2) is 4.68 Å². The molecule has 7 heteroatoms. The quantitative estimate of drug-likeness (QED) is 0.631. The first-order valence-electron chi connectivity index (χ1n) is 9.36. The number of carbonyl (C=O) groups excluding carboxylic acids is 1. The van der Waals surface area contributed by atoms with Gasteiger partial charge in [-0.1, -0.05) is 18.2 Å². The fourth-order valence-corrected chi connectivity index (χ4v) is 3.04. The molecule has 7 nitrogen and oxygen atoms in total. The monoisotopic (exact) mass is 391 g/mol. The standard InChI is InChI=1S/C22H21N3O4/c26-11-10-23-21(27)9-7-17-15-25(18-4-2-1-3-5-18)24-22(17)16-6-8-19-20(14-16)29-13-12-28-19/h1-9,14-15,26H,10-13H2,(H,23,27). The lowest BCUT2D eigenvalue weighted by Gasteiger charge is -2.18. The number of nitrogens with one attached hydrogen (secondary N) is 1. The van der Waals surface area contributed by atoms with Crippen LogP contribution in [-0.4, -0.2) is 47.2 Å². The molecule has 4 rings (SSSR count). The molecule has 1 amide bonds. The van der Waals surface area contributed by atoms with Crippen LogP contribution < -0.4 is 14.8 Å². The molecule has 1 aliphatic rings. The van der Waals surface area contributed by atoms with Crippen molar-refractivity contribution in [3.05, 3.63) is 66.4 Å². The number of rotatable bonds is 6. The van der Waals surface area contributed by atoms with Crippen LogP contribution in [-0.2, 0) is 4.79 Å². The zero-order chi connectivity index (χ0) is 20.1. The molecule has 2 N–H and O–H groups in total. The lowest BCUT2D eigenvalue weighted by molar-refractivity contribution is -0.116. The van der Waals surface area contributed by atoms with Crippen molar-refractivity contribution in [3.63, 3.8) is 0 Å². The van der Waals surface area contributed by atoms with Crippen LogP contribution in [0.4, 0.5) is 0 Å². The molecule has 0 radical (unpaired) electrons. The van der Waals surface area contributed by atoms with Crippen molar-refractivity contribution >= 4 is 12.0 Å². The van der Waals surface area contributed by atoms with Gasteiger partial charge in [-0.05, 0) is 36.4 Å². The third kappa shape index (κ3) is 4.30. The van der Waals surface area contributed by atoms with E-state index in [0.717, 1.165) is 22.5 Å². The number of fused-ring (bicyclic) bond motifs is 1. The molecule has 2 aromatic carbocycles. The van der Waals surface area contributed by atoms with Crippen molar-refractivity contribution in [1.29, 1.82) is 0 Å². The largest absolute Gasteiger partial charge is 0.486 e. The highest BCUT2D eigenvalue weighted by Gasteiger charge is 2.16. The van der Waals surface area contributed by atoms with Gasteiger partial charge in [0.2, 0.25) is 5.91 Å². The smallest absolute Gasteiger partial charge is 0.244 e. The minimum atomic E-state index is -0.278. The molecule has 0 saturated heterocycles. The molecular formula is C22H21N3O4. The first-order chi connectivity index (χ1) is 14.2. The SMILES string of the molecule is O=C(C=Cc1cn(-c2ccccc2)nc1-c1ccc2c(c1)OCCO2)NCCO. The molecular weight excluding hydrogens is 370 g/mol. The summed E-state index contributed by atoms with van der Waals surface area (Å²) in [6, 6.07) is 15.4. The number of hydrogen-bond donors (Lipinski definition) is 2. The highest BCUT2D eigenvalue weighted by atomic mass is 16.6. The summed E-state index contributed by atoms with van der Waals surface area (Å²) in [5.41, 5.74) is 3.27. The van der Waals surface area contributed by atoms with Crippen LogP contribution in [0.25, 0.3) is 23.0 Å². The van der Waals surface area contributed by atoms with Gasteiger partial charge in [0.05, 0.1) is 12.3 Å². The van der Waals surface area contributed by atoms with Crippen molar-refractivity contribution < 1.29 is 19.4 Å². The molecule has 0 saturated carbocycles. The van der Waals surface area contributed by atoms with Crippen LogP contribution in [0, 0.1) is 0 Å². The average molecular weight is 391 g/mol. The highest BCUT2D eigenvalue weighted by molar-refractivity contribution is 5.92. The summed E-state index contributed by atoms with van der Waals surface area (Å²) >= 11 is 0. The maximum Gasteiger partial charge on any atom is 0.244 e. The van der Waals surface area contributed by atoms with Gasteiger partial charge in [0.15, 0.2) is 11.5 Å². The Morgan fingerprint density at radius 2 is 1.93 bits per heavy atom. The molecule has 0 spiro atoms. The number of benzene rings is 2. The first-order valence-corrected chi connectivity index (χ1v) is 9.36. The number of nitrogens with zero attached hydrogens (tertiary/aromatic N) is 2. The molecule has 0 atom stereocenters. The second-order valence-corrected chi connectivity index (χ2v) is 6.42. The van der Waals surface area contributed by atoms with Crippen LogP contribution in [0.1, 0.15) is 5.56 Å². The van der Waals surface area contributed by atoms with Crippen LogP contribution in [0.3, 0.4) is 0 Å². The molecule has 1 aromatic heterocycles. The Kier molecular flexibility index (Phi) is 5.58. The molecule has 0 unspecified atom stereocenters. The Bertz CT molecular complexity index is 1030. The van der Waals surface area contributed by atoms with E-state index in [9.17, 15) is 4.79 Å². The number of carbonyl (C=O) groups is 1. The maximum absolute atomic E-state index is 11.9. The van der Waals surface area contributed by atoms with Crippen LogP contribution in [0.15, 0.2) is 60.8 Å². The summed E-state index contributed by atoms with van der Waals surface area (Å²) in [5.74, 6) is 1.11.